The number of fused-ring (bicyclic) bond motifs is 1. The van der Waals surface area contributed by atoms with Gasteiger partial charge in [-0.2, -0.15) is 13.2 Å². The molecule has 1 unspecified atom stereocenters. The minimum Gasteiger partial charge on any atom is -0.467 e. The number of carbonyl (C=O) groups is 2. The summed E-state index contributed by atoms with van der Waals surface area (Å²) in [4.78, 5) is 27.4. The summed E-state index contributed by atoms with van der Waals surface area (Å²) >= 11 is 0. The van der Waals surface area contributed by atoms with Crippen LogP contribution in [0.2, 0.25) is 0 Å². The number of nitrogens with one attached hydrogen (secondary N) is 2. The van der Waals surface area contributed by atoms with Gasteiger partial charge in [-0.25, -0.2) is 9.59 Å². The first-order valence-electron chi connectivity index (χ1n) is 8.11. The number of hydrogen-bond donors (Lipinski definition) is 2. The highest BCUT2D eigenvalue weighted by Crippen LogP contribution is 2.33. The molecule has 0 spiro atoms. The molecule has 0 aliphatic rings. The van der Waals surface area contributed by atoms with Gasteiger partial charge >= 0.3 is 18.2 Å². The summed E-state index contributed by atoms with van der Waals surface area (Å²) < 4.78 is 48.0. The predicted molar refractivity (Wildman–Crippen MR) is 92.2 cm³/mol. The Balaban J connectivity index is 2.26. The molecule has 1 atom stereocenters. The first-order chi connectivity index (χ1) is 12.4. The van der Waals surface area contributed by atoms with E-state index < -0.39 is 29.4 Å². The molecule has 2 aromatic rings. The van der Waals surface area contributed by atoms with E-state index in [1.54, 1.807) is 6.20 Å². The Labute approximate surface area is 154 Å². The van der Waals surface area contributed by atoms with E-state index in [0.717, 1.165) is 31.9 Å². The number of ether oxygens (including phenoxy) is 2. The van der Waals surface area contributed by atoms with Crippen molar-refractivity contribution < 1.29 is 32.2 Å². The smallest absolute Gasteiger partial charge is 0.427 e. The van der Waals surface area contributed by atoms with Crippen molar-refractivity contribution in [1.29, 1.82) is 0 Å². The summed E-state index contributed by atoms with van der Waals surface area (Å²) in [6.45, 7) is 2.81. The number of methoxy groups -OCH3 is 1. The van der Waals surface area contributed by atoms with Crippen LogP contribution in [0.15, 0.2) is 30.5 Å². The van der Waals surface area contributed by atoms with Gasteiger partial charge in [0.1, 0.15) is 5.54 Å². The fraction of sp³-hybridized carbons (Fsp3) is 0.444. The van der Waals surface area contributed by atoms with Crippen LogP contribution in [0.3, 0.4) is 0 Å². The zero-order valence-electron chi connectivity index (χ0n) is 15.4. The standard InChI is InChI=1S/C18H21F3N2O4/c1-16(2,18(19,20)21)27-15(25)23-17(3,14(24)26-4)9-11-10-22-13-8-6-5-7-12(11)13/h5-8,10,22H,9H2,1-4H3,(H,23,25). The van der Waals surface area contributed by atoms with E-state index >= 15 is 0 Å². The monoisotopic (exact) mass is 386 g/mol. The van der Waals surface area contributed by atoms with Crippen molar-refractivity contribution in [2.24, 2.45) is 0 Å². The van der Waals surface area contributed by atoms with Gasteiger partial charge in [0.2, 0.25) is 5.60 Å². The molecular formula is C18H21F3N2O4. The third-order valence-corrected chi connectivity index (χ3v) is 4.26. The third kappa shape index (κ3) is 4.35. The normalized spacial score (nSPS) is 14.5. The van der Waals surface area contributed by atoms with Crippen molar-refractivity contribution in [3.05, 3.63) is 36.0 Å². The molecule has 0 aliphatic carbocycles. The van der Waals surface area contributed by atoms with Crippen molar-refractivity contribution in [2.45, 2.75) is 44.5 Å². The molecule has 27 heavy (non-hydrogen) atoms. The van der Waals surface area contributed by atoms with Crippen LogP contribution in [0.1, 0.15) is 26.3 Å². The molecule has 0 saturated heterocycles. The molecule has 1 amide bonds. The maximum Gasteiger partial charge on any atom is 0.427 e. The van der Waals surface area contributed by atoms with Crippen molar-refractivity contribution >= 4 is 23.0 Å². The lowest BCUT2D eigenvalue weighted by Crippen LogP contribution is -2.56. The molecule has 2 N–H and O–H groups in total. The molecule has 2 rings (SSSR count). The van der Waals surface area contributed by atoms with E-state index in [9.17, 15) is 22.8 Å². The van der Waals surface area contributed by atoms with Gasteiger partial charge in [0.05, 0.1) is 7.11 Å². The maximum atomic E-state index is 12.9. The number of carbonyl (C=O) groups excluding carboxylic acids is 2. The number of para-hydroxylation sites is 1. The Hall–Kier alpha value is -2.71. The molecule has 0 bridgehead atoms. The zero-order valence-corrected chi connectivity index (χ0v) is 15.4. The largest absolute Gasteiger partial charge is 0.467 e. The summed E-state index contributed by atoms with van der Waals surface area (Å²) in [5, 5.41) is 3.04. The molecule has 9 heteroatoms. The van der Waals surface area contributed by atoms with Crippen molar-refractivity contribution in [3.8, 4) is 0 Å². The zero-order chi connectivity index (χ0) is 20.5. The van der Waals surface area contributed by atoms with Gasteiger partial charge < -0.3 is 19.8 Å². The second kappa shape index (κ2) is 7.13. The molecule has 1 aromatic heterocycles. The van der Waals surface area contributed by atoms with Crippen LogP contribution in [0.25, 0.3) is 10.9 Å². The number of hydrogen-bond acceptors (Lipinski definition) is 4. The van der Waals surface area contributed by atoms with Gasteiger partial charge in [-0.3, -0.25) is 0 Å². The second-order valence-corrected chi connectivity index (χ2v) is 6.88. The van der Waals surface area contributed by atoms with Crippen LogP contribution in [0.5, 0.6) is 0 Å². The summed E-state index contributed by atoms with van der Waals surface area (Å²) in [5.41, 5.74) is -2.83. The Morgan fingerprint density at radius 1 is 1.15 bits per heavy atom. The lowest BCUT2D eigenvalue weighted by molar-refractivity contribution is -0.244. The average Bonchev–Trinajstić information content (AvgIpc) is 2.95. The molecular weight excluding hydrogens is 365 g/mol. The molecule has 148 valence electrons. The molecule has 0 fully saturated rings. The van der Waals surface area contributed by atoms with Crippen LogP contribution in [0.4, 0.5) is 18.0 Å². The summed E-state index contributed by atoms with van der Waals surface area (Å²) in [7, 11) is 1.13. The minimum absolute atomic E-state index is 0.00870. The number of H-pyrrole nitrogens is 1. The van der Waals surface area contributed by atoms with E-state index in [0.29, 0.717) is 5.56 Å². The number of aromatic nitrogens is 1. The summed E-state index contributed by atoms with van der Waals surface area (Å²) in [6.07, 6.45) is -4.47. The SMILES string of the molecule is COC(=O)C(C)(Cc1c[nH]c2ccccc12)NC(=O)OC(C)(C)C(F)(F)F. The Kier molecular flexibility index (Phi) is 5.44. The van der Waals surface area contributed by atoms with E-state index in [2.05, 4.69) is 15.0 Å². The number of esters is 1. The van der Waals surface area contributed by atoms with E-state index in [4.69, 9.17) is 4.74 Å². The quantitative estimate of drug-likeness (QED) is 0.768. The lowest BCUT2D eigenvalue weighted by atomic mass is 9.92. The highest BCUT2D eigenvalue weighted by Gasteiger charge is 2.51. The Morgan fingerprint density at radius 2 is 1.78 bits per heavy atom. The highest BCUT2D eigenvalue weighted by molar-refractivity contribution is 5.88. The first kappa shape index (κ1) is 20.6. The second-order valence-electron chi connectivity index (χ2n) is 6.88. The number of benzene rings is 1. The minimum atomic E-state index is -4.76. The molecule has 0 radical (unpaired) electrons. The Bertz CT molecular complexity index is 844. The van der Waals surface area contributed by atoms with Crippen LogP contribution in [-0.4, -0.2) is 41.5 Å². The van der Waals surface area contributed by atoms with E-state index in [-0.39, 0.29) is 6.42 Å². The van der Waals surface area contributed by atoms with Crippen LogP contribution in [-0.2, 0) is 20.7 Å². The molecule has 6 nitrogen and oxygen atoms in total. The molecule has 1 heterocycles. The maximum absolute atomic E-state index is 12.9. The van der Waals surface area contributed by atoms with E-state index in [1.165, 1.54) is 6.92 Å². The van der Waals surface area contributed by atoms with Crippen molar-refractivity contribution in [2.75, 3.05) is 7.11 Å². The van der Waals surface area contributed by atoms with Crippen LogP contribution < -0.4 is 5.32 Å². The van der Waals surface area contributed by atoms with Gasteiger partial charge in [0.25, 0.3) is 0 Å². The van der Waals surface area contributed by atoms with Gasteiger partial charge in [0.15, 0.2) is 0 Å². The van der Waals surface area contributed by atoms with Crippen molar-refractivity contribution in [3.63, 3.8) is 0 Å². The Morgan fingerprint density at radius 3 is 2.37 bits per heavy atom. The molecule has 0 aliphatic heterocycles. The molecule has 1 aromatic carbocycles. The van der Waals surface area contributed by atoms with Gasteiger partial charge in [-0.15, -0.1) is 0 Å². The highest BCUT2D eigenvalue weighted by atomic mass is 19.4. The molecule has 0 saturated carbocycles. The predicted octanol–water partition coefficient (Wildman–Crippen LogP) is 3.71. The van der Waals surface area contributed by atoms with Crippen molar-refractivity contribution in [1.82, 2.24) is 10.3 Å². The van der Waals surface area contributed by atoms with Crippen LogP contribution in [0, 0.1) is 0 Å². The number of aromatic amines is 1. The topological polar surface area (TPSA) is 80.4 Å². The van der Waals surface area contributed by atoms with Gasteiger partial charge in [0, 0.05) is 23.5 Å². The van der Waals surface area contributed by atoms with Crippen LogP contribution >= 0.6 is 0 Å². The number of amides is 1. The lowest BCUT2D eigenvalue weighted by Gasteiger charge is -2.31. The first-order valence-corrected chi connectivity index (χ1v) is 8.11. The number of halogens is 3. The number of alkyl carbamates (subject to hydrolysis) is 1. The van der Waals surface area contributed by atoms with Gasteiger partial charge in [-0.05, 0) is 32.4 Å². The fourth-order valence-corrected chi connectivity index (χ4v) is 2.59. The summed E-state index contributed by atoms with van der Waals surface area (Å²) in [5.74, 6) is -0.811. The summed E-state index contributed by atoms with van der Waals surface area (Å²) in [6, 6.07) is 7.30. The average molecular weight is 386 g/mol. The number of alkyl halides is 3. The van der Waals surface area contributed by atoms with E-state index in [1.807, 2.05) is 24.3 Å². The fourth-order valence-electron chi connectivity index (χ4n) is 2.59. The third-order valence-electron chi connectivity index (χ3n) is 4.26. The van der Waals surface area contributed by atoms with Gasteiger partial charge in [-0.1, -0.05) is 18.2 Å². The number of rotatable bonds is 5.